The molecule has 1 unspecified atom stereocenters. The van der Waals surface area contributed by atoms with E-state index in [9.17, 15) is 4.79 Å². The summed E-state index contributed by atoms with van der Waals surface area (Å²) >= 11 is 0. The van der Waals surface area contributed by atoms with Crippen molar-refractivity contribution < 1.29 is 9.53 Å². The minimum Gasteiger partial charge on any atom is -0.381 e. The van der Waals surface area contributed by atoms with Crippen LogP contribution in [0.1, 0.15) is 19.3 Å². The SMILES string of the molecule is CN(C=O)C1CCCOCC1. The van der Waals surface area contributed by atoms with Crippen LogP contribution in [0.25, 0.3) is 0 Å². The van der Waals surface area contributed by atoms with E-state index in [1.165, 1.54) is 0 Å². The molecule has 0 bridgehead atoms. The Morgan fingerprint density at radius 3 is 3.00 bits per heavy atom. The summed E-state index contributed by atoms with van der Waals surface area (Å²) in [5.41, 5.74) is 0. The van der Waals surface area contributed by atoms with Crippen LogP contribution in [0, 0.1) is 0 Å². The highest BCUT2D eigenvalue weighted by Crippen LogP contribution is 2.11. The smallest absolute Gasteiger partial charge is 0.209 e. The second-order valence-electron chi connectivity index (χ2n) is 2.97. The van der Waals surface area contributed by atoms with Gasteiger partial charge in [0.2, 0.25) is 6.41 Å². The van der Waals surface area contributed by atoms with Gasteiger partial charge in [-0.05, 0) is 19.3 Å². The van der Waals surface area contributed by atoms with Gasteiger partial charge in [0.15, 0.2) is 0 Å². The number of hydrogen-bond donors (Lipinski definition) is 0. The minimum absolute atomic E-state index is 0.398. The molecule has 1 fully saturated rings. The van der Waals surface area contributed by atoms with Gasteiger partial charge in [0.1, 0.15) is 0 Å². The first-order valence-corrected chi connectivity index (χ1v) is 4.09. The van der Waals surface area contributed by atoms with Crippen LogP contribution < -0.4 is 0 Å². The summed E-state index contributed by atoms with van der Waals surface area (Å²) in [4.78, 5) is 12.1. The first-order chi connectivity index (χ1) is 5.34. The normalized spacial score (nSPS) is 25.7. The van der Waals surface area contributed by atoms with Gasteiger partial charge in [-0.1, -0.05) is 0 Å². The van der Waals surface area contributed by atoms with E-state index in [0.29, 0.717) is 6.04 Å². The zero-order valence-corrected chi connectivity index (χ0v) is 6.95. The molecule has 0 aliphatic carbocycles. The van der Waals surface area contributed by atoms with Gasteiger partial charge >= 0.3 is 0 Å². The van der Waals surface area contributed by atoms with Gasteiger partial charge in [0, 0.05) is 26.3 Å². The van der Waals surface area contributed by atoms with Crippen LogP contribution >= 0.6 is 0 Å². The molecule has 3 heteroatoms. The molecule has 3 nitrogen and oxygen atoms in total. The van der Waals surface area contributed by atoms with Gasteiger partial charge in [0.05, 0.1) is 0 Å². The van der Waals surface area contributed by atoms with Gasteiger partial charge in [-0.15, -0.1) is 0 Å². The lowest BCUT2D eigenvalue weighted by molar-refractivity contribution is -0.119. The number of amides is 1. The van der Waals surface area contributed by atoms with Crippen LogP contribution in [0.3, 0.4) is 0 Å². The van der Waals surface area contributed by atoms with E-state index in [4.69, 9.17) is 4.74 Å². The van der Waals surface area contributed by atoms with Crippen LogP contribution in [0.5, 0.6) is 0 Å². The zero-order valence-electron chi connectivity index (χ0n) is 6.95. The maximum Gasteiger partial charge on any atom is 0.209 e. The monoisotopic (exact) mass is 157 g/mol. The fourth-order valence-electron chi connectivity index (χ4n) is 1.38. The van der Waals surface area contributed by atoms with Gasteiger partial charge in [-0.3, -0.25) is 4.79 Å². The molecule has 1 rings (SSSR count). The Hall–Kier alpha value is -0.570. The predicted molar refractivity (Wildman–Crippen MR) is 42.3 cm³/mol. The third kappa shape index (κ3) is 2.50. The molecule has 0 N–H and O–H groups in total. The molecule has 1 atom stereocenters. The average Bonchev–Trinajstić information content (AvgIpc) is 2.30. The molecule has 1 aliphatic rings. The second-order valence-corrected chi connectivity index (χ2v) is 2.97. The summed E-state index contributed by atoms with van der Waals surface area (Å²) < 4.78 is 5.28. The second kappa shape index (κ2) is 4.34. The molecular formula is C8H15NO2. The summed E-state index contributed by atoms with van der Waals surface area (Å²) in [5.74, 6) is 0. The molecular weight excluding hydrogens is 142 g/mol. The van der Waals surface area contributed by atoms with Crippen molar-refractivity contribution >= 4 is 6.41 Å². The lowest BCUT2D eigenvalue weighted by Gasteiger charge is -2.21. The number of rotatable bonds is 2. The van der Waals surface area contributed by atoms with E-state index < -0.39 is 0 Å². The number of carbonyl (C=O) groups is 1. The molecule has 1 saturated heterocycles. The Morgan fingerprint density at radius 2 is 2.27 bits per heavy atom. The summed E-state index contributed by atoms with van der Waals surface area (Å²) in [5, 5.41) is 0. The quantitative estimate of drug-likeness (QED) is 0.551. The fourth-order valence-corrected chi connectivity index (χ4v) is 1.38. The zero-order chi connectivity index (χ0) is 8.10. The van der Waals surface area contributed by atoms with Crippen LogP contribution in [0.4, 0.5) is 0 Å². The van der Waals surface area contributed by atoms with E-state index in [0.717, 1.165) is 38.9 Å². The molecule has 1 aliphatic heterocycles. The molecule has 0 aromatic rings. The van der Waals surface area contributed by atoms with E-state index in [1.807, 2.05) is 7.05 Å². The van der Waals surface area contributed by atoms with E-state index in [-0.39, 0.29) is 0 Å². The van der Waals surface area contributed by atoms with Crippen LogP contribution in [-0.4, -0.2) is 37.6 Å². The van der Waals surface area contributed by atoms with Crippen molar-refractivity contribution in [1.82, 2.24) is 4.90 Å². The lowest BCUT2D eigenvalue weighted by Crippen LogP contribution is -2.30. The molecule has 1 heterocycles. The van der Waals surface area contributed by atoms with E-state index in [2.05, 4.69) is 0 Å². The van der Waals surface area contributed by atoms with Crippen molar-refractivity contribution in [2.75, 3.05) is 20.3 Å². The molecule has 64 valence electrons. The maximum atomic E-state index is 10.4. The molecule has 0 aromatic heterocycles. The average molecular weight is 157 g/mol. The molecule has 0 saturated carbocycles. The highest BCUT2D eigenvalue weighted by atomic mass is 16.5. The van der Waals surface area contributed by atoms with E-state index >= 15 is 0 Å². The van der Waals surface area contributed by atoms with Gasteiger partial charge in [-0.2, -0.15) is 0 Å². The number of hydrogen-bond acceptors (Lipinski definition) is 2. The third-order valence-electron chi connectivity index (χ3n) is 2.16. The topological polar surface area (TPSA) is 29.5 Å². The first-order valence-electron chi connectivity index (χ1n) is 4.09. The number of ether oxygens (including phenoxy) is 1. The third-order valence-corrected chi connectivity index (χ3v) is 2.16. The van der Waals surface area contributed by atoms with Gasteiger partial charge in [-0.25, -0.2) is 0 Å². The maximum absolute atomic E-state index is 10.4. The van der Waals surface area contributed by atoms with Gasteiger partial charge < -0.3 is 9.64 Å². The number of carbonyl (C=O) groups excluding carboxylic acids is 1. The summed E-state index contributed by atoms with van der Waals surface area (Å²) in [6.07, 6.45) is 4.03. The van der Waals surface area contributed by atoms with E-state index in [1.54, 1.807) is 4.90 Å². The molecule has 0 aromatic carbocycles. The standard InChI is InChI=1S/C8H15NO2/c1-9(7-10)8-3-2-5-11-6-4-8/h7-8H,2-6H2,1H3. The molecule has 0 radical (unpaired) electrons. The number of nitrogens with zero attached hydrogens (tertiary/aromatic N) is 1. The first kappa shape index (κ1) is 8.53. The Kier molecular flexibility index (Phi) is 3.36. The van der Waals surface area contributed by atoms with Crippen LogP contribution in [0.2, 0.25) is 0 Å². The lowest BCUT2D eigenvalue weighted by atomic mass is 10.1. The van der Waals surface area contributed by atoms with Crippen LogP contribution in [-0.2, 0) is 9.53 Å². The van der Waals surface area contributed by atoms with Crippen molar-refractivity contribution in [1.29, 1.82) is 0 Å². The summed E-state index contributed by atoms with van der Waals surface area (Å²) in [7, 11) is 1.84. The van der Waals surface area contributed by atoms with Crippen molar-refractivity contribution in [3.8, 4) is 0 Å². The Labute approximate surface area is 67.3 Å². The predicted octanol–water partition coefficient (Wildman–Crippen LogP) is 0.644. The highest BCUT2D eigenvalue weighted by Gasteiger charge is 2.14. The van der Waals surface area contributed by atoms with Crippen molar-refractivity contribution in [2.24, 2.45) is 0 Å². The van der Waals surface area contributed by atoms with Crippen molar-refractivity contribution in [3.63, 3.8) is 0 Å². The summed E-state index contributed by atoms with van der Waals surface area (Å²) in [6, 6.07) is 0.398. The van der Waals surface area contributed by atoms with Crippen molar-refractivity contribution in [2.45, 2.75) is 25.3 Å². The molecule has 11 heavy (non-hydrogen) atoms. The Bertz CT molecular complexity index is 119. The Balaban J connectivity index is 2.35. The fraction of sp³-hybridized carbons (Fsp3) is 0.875. The van der Waals surface area contributed by atoms with Crippen molar-refractivity contribution in [3.05, 3.63) is 0 Å². The van der Waals surface area contributed by atoms with Gasteiger partial charge in [0.25, 0.3) is 0 Å². The van der Waals surface area contributed by atoms with Crippen LogP contribution in [0.15, 0.2) is 0 Å². The highest BCUT2D eigenvalue weighted by molar-refractivity contribution is 5.46. The minimum atomic E-state index is 0.398. The molecule has 1 amide bonds. The molecule has 0 spiro atoms. The summed E-state index contributed by atoms with van der Waals surface area (Å²) in [6.45, 7) is 1.64. The largest absolute Gasteiger partial charge is 0.381 e. The Morgan fingerprint density at radius 1 is 1.45 bits per heavy atom.